The summed E-state index contributed by atoms with van der Waals surface area (Å²) in [6.07, 6.45) is 4.59. The Hall–Kier alpha value is -1.58. The molecular formula is C11H15N3O. The predicted molar refractivity (Wildman–Crippen MR) is 58.7 cm³/mol. The Labute approximate surface area is 89.3 Å². The third kappa shape index (κ3) is 2.46. The summed E-state index contributed by atoms with van der Waals surface area (Å²) in [5.41, 5.74) is 0. The molecule has 0 radical (unpaired) electrons. The highest BCUT2D eigenvalue weighted by molar-refractivity contribution is 5.47. The zero-order valence-corrected chi connectivity index (χ0v) is 8.60. The van der Waals surface area contributed by atoms with E-state index in [2.05, 4.69) is 15.2 Å². The minimum absolute atomic E-state index is 0.336. The molecule has 1 amide bonds. The summed E-state index contributed by atoms with van der Waals surface area (Å²) < 4.78 is 0. The molecule has 0 atom stereocenters. The fourth-order valence-electron chi connectivity index (χ4n) is 1.91. The van der Waals surface area contributed by atoms with Crippen molar-refractivity contribution >= 4 is 12.2 Å². The molecule has 0 bridgehead atoms. The lowest BCUT2D eigenvalue weighted by molar-refractivity contribution is -0.110. The lowest BCUT2D eigenvalue weighted by Crippen LogP contribution is -2.42. The molecule has 1 aliphatic heterocycles. The number of nitrogens with one attached hydrogen (secondary N) is 1. The summed E-state index contributed by atoms with van der Waals surface area (Å²) in [5, 5.41) is 2.83. The van der Waals surface area contributed by atoms with Gasteiger partial charge >= 0.3 is 0 Å². The van der Waals surface area contributed by atoms with E-state index in [9.17, 15) is 4.79 Å². The maximum Gasteiger partial charge on any atom is 0.207 e. The molecule has 4 heteroatoms. The Balaban J connectivity index is 1.91. The van der Waals surface area contributed by atoms with Crippen molar-refractivity contribution in [3.63, 3.8) is 0 Å². The lowest BCUT2D eigenvalue weighted by Gasteiger charge is -2.32. The van der Waals surface area contributed by atoms with Gasteiger partial charge in [0.25, 0.3) is 0 Å². The summed E-state index contributed by atoms with van der Waals surface area (Å²) in [7, 11) is 0. The summed E-state index contributed by atoms with van der Waals surface area (Å²) in [6, 6.07) is 6.28. The minimum Gasteiger partial charge on any atom is -0.356 e. The second-order valence-corrected chi connectivity index (χ2v) is 3.73. The molecule has 0 spiro atoms. The number of pyridine rings is 1. The summed E-state index contributed by atoms with van der Waals surface area (Å²) in [4.78, 5) is 16.8. The van der Waals surface area contributed by atoms with Crippen LogP contribution in [-0.2, 0) is 4.79 Å². The third-order valence-corrected chi connectivity index (χ3v) is 2.77. The molecule has 1 aromatic rings. The normalized spacial score (nSPS) is 17.5. The van der Waals surface area contributed by atoms with Gasteiger partial charge in [0.05, 0.1) is 0 Å². The highest BCUT2D eigenvalue weighted by Gasteiger charge is 2.18. The van der Waals surface area contributed by atoms with Crippen molar-refractivity contribution in [2.45, 2.75) is 18.9 Å². The van der Waals surface area contributed by atoms with Crippen LogP contribution in [0.25, 0.3) is 0 Å². The first-order chi connectivity index (χ1) is 7.40. The number of hydrogen-bond donors (Lipinski definition) is 1. The molecule has 0 saturated carbocycles. The van der Waals surface area contributed by atoms with E-state index < -0.39 is 0 Å². The van der Waals surface area contributed by atoms with Gasteiger partial charge in [0.1, 0.15) is 5.82 Å². The minimum atomic E-state index is 0.336. The molecule has 1 fully saturated rings. The Kier molecular flexibility index (Phi) is 3.17. The lowest BCUT2D eigenvalue weighted by atomic mass is 10.1. The second-order valence-electron chi connectivity index (χ2n) is 3.73. The molecule has 15 heavy (non-hydrogen) atoms. The number of carbonyl (C=O) groups is 1. The average Bonchev–Trinajstić information content (AvgIpc) is 2.32. The van der Waals surface area contributed by atoms with Gasteiger partial charge in [-0.25, -0.2) is 4.98 Å². The van der Waals surface area contributed by atoms with Gasteiger partial charge in [-0.15, -0.1) is 0 Å². The molecule has 1 saturated heterocycles. The quantitative estimate of drug-likeness (QED) is 0.742. The first-order valence-electron chi connectivity index (χ1n) is 5.26. The van der Waals surface area contributed by atoms with Gasteiger partial charge in [-0.1, -0.05) is 6.07 Å². The average molecular weight is 205 g/mol. The molecule has 2 rings (SSSR count). The van der Waals surface area contributed by atoms with Gasteiger partial charge in [0, 0.05) is 25.3 Å². The van der Waals surface area contributed by atoms with Crippen LogP contribution in [0, 0.1) is 0 Å². The van der Waals surface area contributed by atoms with E-state index >= 15 is 0 Å². The maximum atomic E-state index is 10.3. The van der Waals surface area contributed by atoms with Crippen molar-refractivity contribution in [2.75, 3.05) is 18.0 Å². The number of anilines is 1. The SMILES string of the molecule is O=CNC1CCN(c2ccccn2)CC1. The zero-order chi connectivity index (χ0) is 10.5. The van der Waals surface area contributed by atoms with Crippen molar-refractivity contribution in [1.82, 2.24) is 10.3 Å². The molecule has 0 aromatic carbocycles. The topological polar surface area (TPSA) is 45.2 Å². The van der Waals surface area contributed by atoms with E-state index in [0.29, 0.717) is 6.04 Å². The van der Waals surface area contributed by atoms with E-state index in [-0.39, 0.29) is 0 Å². The highest BCUT2D eigenvalue weighted by Crippen LogP contribution is 2.16. The number of carbonyl (C=O) groups excluding carboxylic acids is 1. The number of piperidine rings is 1. The zero-order valence-electron chi connectivity index (χ0n) is 8.60. The molecule has 0 aliphatic carbocycles. The Bertz CT molecular complexity index is 307. The monoisotopic (exact) mass is 205 g/mol. The van der Waals surface area contributed by atoms with E-state index in [1.165, 1.54) is 0 Å². The fourth-order valence-corrected chi connectivity index (χ4v) is 1.91. The molecule has 2 heterocycles. The standard InChI is InChI=1S/C11H15N3O/c15-9-13-10-4-7-14(8-5-10)11-3-1-2-6-12-11/h1-3,6,9-10H,4-5,7-8H2,(H,13,15). The number of nitrogens with zero attached hydrogens (tertiary/aromatic N) is 2. The number of aromatic nitrogens is 1. The van der Waals surface area contributed by atoms with Gasteiger partial charge < -0.3 is 10.2 Å². The van der Waals surface area contributed by atoms with Crippen LogP contribution >= 0.6 is 0 Å². The first-order valence-corrected chi connectivity index (χ1v) is 5.26. The van der Waals surface area contributed by atoms with Crippen LogP contribution in [-0.4, -0.2) is 30.5 Å². The molecule has 1 N–H and O–H groups in total. The van der Waals surface area contributed by atoms with Crippen LogP contribution < -0.4 is 10.2 Å². The second kappa shape index (κ2) is 4.77. The van der Waals surface area contributed by atoms with Crippen LogP contribution in [0.2, 0.25) is 0 Å². The van der Waals surface area contributed by atoms with E-state index in [0.717, 1.165) is 38.2 Å². The predicted octanol–water partition coefficient (Wildman–Crippen LogP) is 0.796. The van der Waals surface area contributed by atoms with Crippen LogP contribution in [0.4, 0.5) is 5.82 Å². The van der Waals surface area contributed by atoms with Crippen molar-refractivity contribution < 1.29 is 4.79 Å². The summed E-state index contributed by atoms with van der Waals surface area (Å²) in [6.45, 7) is 1.92. The van der Waals surface area contributed by atoms with Crippen LogP contribution in [0.5, 0.6) is 0 Å². The van der Waals surface area contributed by atoms with Crippen LogP contribution in [0.3, 0.4) is 0 Å². The van der Waals surface area contributed by atoms with Crippen LogP contribution in [0.15, 0.2) is 24.4 Å². The number of hydrogen-bond acceptors (Lipinski definition) is 3. The summed E-state index contributed by atoms with van der Waals surface area (Å²) >= 11 is 0. The van der Waals surface area contributed by atoms with E-state index in [1.54, 1.807) is 0 Å². The van der Waals surface area contributed by atoms with Crippen molar-refractivity contribution in [3.05, 3.63) is 24.4 Å². The van der Waals surface area contributed by atoms with Gasteiger partial charge in [-0.05, 0) is 25.0 Å². The third-order valence-electron chi connectivity index (χ3n) is 2.77. The molecule has 0 unspecified atom stereocenters. The number of rotatable bonds is 3. The van der Waals surface area contributed by atoms with E-state index in [1.807, 2.05) is 24.4 Å². The molecule has 4 nitrogen and oxygen atoms in total. The molecular weight excluding hydrogens is 190 g/mol. The van der Waals surface area contributed by atoms with Crippen molar-refractivity contribution in [1.29, 1.82) is 0 Å². The fraction of sp³-hybridized carbons (Fsp3) is 0.455. The first kappa shape index (κ1) is 9.96. The smallest absolute Gasteiger partial charge is 0.207 e. The largest absolute Gasteiger partial charge is 0.356 e. The maximum absolute atomic E-state index is 10.3. The Morgan fingerprint density at radius 2 is 2.20 bits per heavy atom. The Morgan fingerprint density at radius 3 is 2.80 bits per heavy atom. The molecule has 80 valence electrons. The number of amides is 1. The van der Waals surface area contributed by atoms with Crippen molar-refractivity contribution in [3.8, 4) is 0 Å². The van der Waals surface area contributed by atoms with Gasteiger partial charge in [-0.3, -0.25) is 4.79 Å². The van der Waals surface area contributed by atoms with Gasteiger partial charge in [0.2, 0.25) is 6.41 Å². The molecule has 1 aromatic heterocycles. The molecule has 1 aliphatic rings. The van der Waals surface area contributed by atoms with Gasteiger partial charge in [-0.2, -0.15) is 0 Å². The van der Waals surface area contributed by atoms with E-state index in [4.69, 9.17) is 0 Å². The van der Waals surface area contributed by atoms with Crippen molar-refractivity contribution in [2.24, 2.45) is 0 Å². The Morgan fingerprint density at radius 1 is 1.40 bits per heavy atom. The van der Waals surface area contributed by atoms with Gasteiger partial charge in [0.15, 0.2) is 0 Å². The summed E-state index contributed by atoms with van der Waals surface area (Å²) in [5.74, 6) is 1.03. The van der Waals surface area contributed by atoms with Crippen LogP contribution in [0.1, 0.15) is 12.8 Å². The highest BCUT2D eigenvalue weighted by atomic mass is 16.1.